The minimum Gasteiger partial charge on any atom is -0.507 e. The summed E-state index contributed by atoms with van der Waals surface area (Å²) in [7, 11) is 0. The molecule has 2 aromatic carbocycles. The fourth-order valence-corrected chi connectivity index (χ4v) is 5.54. The van der Waals surface area contributed by atoms with Crippen molar-refractivity contribution in [3.8, 4) is 5.75 Å². The Labute approximate surface area is 216 Å². The molecule has 0 radical (unpaired) electrons. The van der Waals surface area contributed by atoms with Crippen molar-refractivity contribution in [1.29, 1.82) is 0 Å². The van der Waals surface area contributed by atoms with Crippen LogP contribution in [-0.2, 0) is 39.8 Å². The highest BCUT2D eigenvalue weighted by molar-refractivity contribution is 7.19. The topological polar surface area (TPSA) is 108 Å². The van der Waals surface area contributed by atoms with Gasteiger partial charge in [0.1, 0.15) is 30.4 Å². The van der Waals surface area contributed by atoms with E-state index in [0.717, 1.165) is 21.0 Å². The van der Waals surface area contributed by atoms with Gasteiger partial charge in [-0.1, -0.05) is 18.2 Å². The summed E-state index contributed by atoms with van der Waals surface area (Å²) in [5, 5.41) is 11.8. The maximum Gasteiger partial charge on any atom is 0.303 e. The molecule has 10 heteroatoms. The summed E-state index contributed by atoms with van der Waals surface area (Å²) in [5.74, 6) is -2.80. The molecule has 1 aliphatic rings. The number of halogens is 1. The van der Waals surface area contributed by atoms with Crippen LogP contribution in [0.3, 0.4) is 0 Å². The molecule has 4 atom stereocenters. The lowest BCUT2D eigenvalue weighted by Gasteiger charge is -2.40. The molecule has 1 aromatic heterocycles. The molecule has 2 heterocycles. The highest BCUT2D eigenvalue weighted by atomic mass is 32.1. The average Bonchev–Trinajstić information content (AvgIpc) is 3.22. The van der Waals surface area contributed by atoms with Crippen molar-refractivity contribution in [1.82, 2.24) is 0 Å². The van der Waals surface area contributed by atoms with E-state index in [1.807, 2.05) is 30.3 Å². The minimum atomic E-state index is -1.12. The number of carbonyl (C=O) groups excluding carboxylic acids is 3. The summed E-state index contributed by atoms with van der Waals surface area (Å²) < 4.78 is 38.1. The summed E-state index contributed by atoms with van der Waals surface area (Å²) in [6.45, 7) is 3.52. The van der Waals surface area contributed by atoms with Crippen LogP contribution in [0.5, 0.6) is 5.75 Å². The second-order valence-corrected chi connectivity index (χ2v) is 10.0. The third kappa shape index (κ3) is 6.44. The van der Waals surface area contributed by atoms with E-state index in [-0.39, 0.29) is 25.0 Å². The summed E-state index contributed by atoms with van der Waals surface area (Å²) in [6.07, 6.45) is -3.59. The molecule has 37 heavy (non-hydrogen) atoms. The van der Waals surface area contributed by atoms with E-state index >= 15 is 0 Å². The van der Waals surface area contributed by atoms with Gasteiger partial charge >= 0.3 is 17.9 Å². The first-order valence-electron chi connectivity index (χ1n) is 11.7. The summed E-state index contributed by atoms with van der Waals surface area (Å²) >= 11 is 1.54. The SMILES string of the molecule is CC(=O)OC[C@@H]1C[C@H](OC(C)=O)[C@@H](OC(C)=O)[C@H](c2cc(Cc3cc4ccccc4s3)c(F)cc2O)O1. The van der Waals surface area contributed by atoms with E-state index in [1.54, 1.807) is 0 Å². The predicted octanol–water partition coefficient (Wildman–Crippen LogP) is 4.59. The second kappa shape index (κ2) is 11.3. The molecule has 0 unspecified atom stereocenters. The zero-order valence-electron chi connectivity index (χ0n) is 20.6. The van der Waals surface area contributed by atoms with Crippen LogP contribution in [0.1, 0.15) is 49.3 Å². The van der Waals surface area contributed by atoms with Crippen molar-refractivity contribution in [2.45, 2.75) is 58.0 Å². The van der Waals surface area contributed by atoms with Crippen LogP contribution in [0, 0.1) is 5.82 Å². The minimum absolute atomic E-state index is 0.0813. The second-order valence-electron chi connectivity index (χ2n) is 8.87. The number of hydrogen-bond donors (Lipinski definition) is 1. The standard InChI is InChI=1S/C27H27FO8S/c1-14(29)33-13-19-11-24(34-15(2)30)27(35-16(3)31)26(36-19)21-10-18(22(28)12-23(21)32)9-20-8-17-6-4-5-7-25(17)37-20/h4-8,10,12,19,24,26-27,32H,9,11,13H2,1-3H3/t19-,24-,26-,27+/m0/s1. The smallest absolute Gasteiger partial charge is 0.303 e. The Hall–Kier alpha value is -3.50. The van der Waals surface area contributed by atoms with Gasteiger partial charge in [0.15, 0.2) is 6.10 Å². The highest BCUT2D eigenvalue weighted by Gasteiger charge is 2.45. The number of esters is 3. The summed E-state index contributed by atoms with van der Waals surface area (Å²) in [6, 6.07) is 12.3. The lowest BCUT2D eigenvalue weighted by Crippen LogP contribution is -2.49. The molecule has 8 nitrogen and oxygen atoms in total. The summed E-state index contributed by atoms with van der Waals surface area (Å²) in [5.41, 5.74) is 0.462. The molecule has 1 N–H and O–H groups in total. The molecule has 0 spiro atoms. The number of carbonyl (C=O) groups is 3. The van der Waals surface area contributed by atoms with Crippen LogP contribution in [0.15, 0.2) is 42.5 Å². The van der Waals surface area contributed by atoms with Crippen LogP contribution in [0.4, 0.5) is 4.39 Å². The Kier molecular flexibility index (Phi) is 8.09. The highest BCUT2D eigenvalue weighted by Crippen LogP contribution is 2.41. The van der Waals surface area contributed by atoms with E-state index in [2.05, 4.69) is 0 Å². The first kappa shape index (κ1) is 26.6. The maximum absolute atomic E-state index is 15.0. The Bertz CT molecular complexity index is 1290. The van der Waals surface area contributed by atoms with E-state index < -0.39 is 53.9 Å². The zero-order valence-corrected chi connectivity index (χ0v) is 21.4. The monoisotopic (exact) mass is 530 g/mol. The number of phenolic OH excluding ortho intramolecular Hbond substituents is 1. The fraction of sp³-hybridized carbons (Fsp3) is 0.370. The number of benzene rings is 2. The molecule has 1 aliphatic heterocycles. The Morgan fingerprint density at radius 3 is 2.46 bits per heavy atom. The van der Waals surface area contributed by atoms with Crippen molar-refractivity contribution >= 4 is 39.3 Å². The molecule has 0 amide bonds. The number of hydrogen-bond acceptors (Lipinski definition) is 9. The lowest BCUT2D eigenvalue weighted by atomic mass is 9.90. The van der Waals surface area contributed by atoms with Crippen LogP contribution in [0.25, 0.3) is 10.1 Å². The normalized spacial score (nSPS) is 21.4. The van der Waals surface area contributed by atoms with Crippen LogP contribution >= 0.6 is 11.3 Å². The first-order chi connectivity index (χ1) is 17.6. The average molecular weight is 531 g/mol. The number of rotatable bonds is 7. The number of phenols is 1. The third-order valence-corrected chi connectivity index (χ3v) is 7.05. The van der Waals surface area contributed by atoms with Crippen LogP contribution < -0.4 is 0 Å². The Morgan fingerprint density at radius 1 is 1.05 bits per heavy atom. The van der Waals surface area contributed by atoms with Gasteiger partial charge in [0.2, 0.25) is 0 Å². The molecule has 4 rings (SSSR count). The Morgan fingerprint density at radius 2 is 1.78 bits per heavy atom. The maximum atomic E-state index is 15.0. The van der Waals surface area contributed by atoms with Gasteiger partial charge in [0, 0.05) is 54.8 Å². The van der Waals surface area contributed by atoms with E-state index in [1.165, 1.54) is 38.2 Å². The zero-order chi connectivity index (χ0) is 26.7. The van der Waals surface area contributed by atoms with Gasteiger partial charge in [0.25, 0.3) is 0 Å². The molecule has 0 saturated carbocycles. The molecular formula is C27H27FO8S. The predicted molar refractivity (Wildman–Crippen MR) is 133 cm³/mol. The lowest BCUT2D eigenvalue weighted by molar-refractivity contribution is -0.214. The number of fused-ring (bicyclic) bond motifs is 1. The van der Waals surface area contributed by atoms with Crippen molar-refractivity contribution in [2.24, 2.45) is 0 Å². The number of aromatic hydroxyl groups is 1. The molecule has 3 aromatic rings. The molecule has 1 saturated heterocycles. The summed E-state index contributed by atoms with van der Waals surface area (Å²) in [4.78, 5) is 36.0. The van der Waals surface area contributed by atoms with E-state index in [9.17, 15) is 23.9 Å². The van der Waals surface area contributed by atoms with Gasteiger partial charge in [-0.05, 0) is 29.1 Å². The van der Waals surface area contributed by atoms with E-state index in [0.29, 0.717) is 5.56 Å². The van der Waals surface area contributed by atoms with Gasteiger partial charge < -0.3 is 24.1 Å². The third-order valence-electron chi connectivity index (χ3n) is 5.93. The molecule has 1 fully saturated rings. The number of ether oxygens (including phenoxy) is 4. The molecule has 196 valence electrons. The number of thiophene rings is 1. The van der Waals surface area contributed by atoms with E-state index in [4.69, 9.17) is 18.9 Å². The van der Waals surface area contributed by atoms with Gasteiger partial charge in [-0.3, -0.25) is 14.4 Å². The van der Waals surface area contributed by atoms with Crippen molar-refractivity contribution in [3.63, 3.8) is 0 Å². The van der Waals surface area contributed by atoms with Crippen LogP contribution in [-0.4, -0.2) is 47.9 Å². The van der Waals surface area contributed by atoms with Crippen molar-refractivity contribution in [2.75, 3.05) is 6.61 Å². The van der Waals surface area contributed by atoms with Gasteiger partial charge in [0.05, 0.1) is 6.10 Å². The molecular weight excluding hydrogens is 503 g/mol. The Balaban J connectivity index is 1.71. The van der Waals surface area contributed by atoms with Crippen molar-refractivity contribution < 1.29 is 42.8 Å². The molecule has 0 bridgehead atoms. The van der Waals surface area contributed by atoms with Gasteiger partial charge in [-0.25, -0.2) is 4.39 Å². The van der Waals surface area contributed by atoms with Gasteiger partial charge in [-0.15, -0.1) is 11.3 Å². The largest absolute Gasteiger partial charge is 0.507 e. The molecule has 0 aliphatic carbocycles. The van der Waals surface area contributed by atoms with Crippen molar-refractivity contribution in [3.05, 3.63) is 64.3 Å². The quantitative estimate of drug-likeness (QED) is 0.349. The fourth-order valence-electron chi connectivity index (χ4n) is 4.46. The first-order valence-corrected chi connectivity index (χ1v) is 12.5. The van der Waals surface area contributed by atoms with Crippen LogP contribution in [0.2, 0.25) is 0 Å². The van der Waals surface area contributed by atoms with Gasteiger partial charge in [-0.2, -0.15) is 0 Å².